The molecular weight excluding hydrogens is 747 g/mol. The molecule has 0 aromatic rings. The van der Waals surface area contributed by atoms with Crippen LogP contribution in [0.25, 0.3) is 0 Å². The molecule has 0 saturated carbocycles. The maximum absolute atomic E-state index is 2.40. The van der Waals surface area contributed by atoms with Gasteiger partial charge in [0, 0.05) is 75.5 Å². The third-order valence-corrected chi connectivity index (χ3v) is 0. The zero-order valence-electron chi connectivity index (χ0n) is 18.7. The second-order valence-corrected chi connectivity index (χ2v) is 80.5. The third kappa shape index (κ3) is 481. The first kappa shape index (κ1) is 41.9. The summed E-state index contributed by atoms with van der Waals surface area (Å²) in [4.78, 5) is 38.4. The molecule has 0 fully saturated rings. The van der Waals surface area contributed by atoms with E-state index in [1.54, 1.807) is 0 Å². The third-order valence-electron chi connectivity index (χ3n) is 0. The van der Waals surface area contributed by atoms with Gasteiger partial charge in [0.1, 0.15) is 0 Å². The molecule has 0 rings (SSSR count). The Morgan fingerprint density at radius 2 is 0.227 bits per heavy atom. The Labute approximate surface area is 222 Å². The molecule has 0 aromatic carbocycles. The first-order chi connectivity index (χ1) is 8.00. The van der Waals surface area contributed by atoms with Crippen LogP contribution in [0.1, 0.15) is 0 Å². The Balaban J connectivity index is -0.0000000376. The SMILES string of the molecule is [Ar].[Ar].[CH3][Sn]([CH3])([CH3])[CH3].[CH3][Sn]([CH3])([CH3])[CH3].[CH3][Sn]([CH3])([CH3])[CH3].[CH3][Sn]([CH3])([CH3])[CH3]. The summed E-state index contributed by atoms with van der Waals surface area (Å²) in [6, 6.07) is 0. The Kier molecular flexibility index (Phi) is 38.1. The predicted octanol–water partition coefficient (Wildman–Crippen LogP) is 7.82. The van der Waals surface area contributed by atoms with Crippen molar-refractivity contribution in [2.45, 2.75) is 79.0 Å². The van der Waals surface area contributed by atoms with Crippen LogP contribution < -0.4 is 0 Å². The molecular formula is C16H48Ar2Sn4. The fourth-order valence-corrected chi connectivity index (χ4v) is 0. The van der Waals surface area contributed by atoms with Crippen LogP contribution >= 0.6 is 0 Å². The average Bonchev–Trinajstić information content (AvgIpc) is 1.62. The van der Waals surface area contributed by atoms with E-state index in [-0.39, 0.29) is 75.5 Å². The first-order valence-corrected chi connectivity index (χ1v) is 53.7. The van der Waals surface area contributed by atoms with E-state index < -0.39 is 73.5 Å². The Bertz CT molecular complexity index is 134. The van der Waals surface area contributed by atoms with Gasteiger partial charge < -0.3 is 0 Å². The molecule has 0 N–H and O–H groups in total. The van der Waals surface area contributed by atoms with E-state index in [2.05, 4.69) is 79.0 Å². The first-order valence-electron chi connectivity index (χ1n) is 8.00. The van der Waals surface area contributed by atoms with Gasteiger partial charge in [-0.3, -0.25) is 0 Å². The van der Waals surface area contributed by atoms with E-state index in [0.717, 1.165) is 0 Å². The summed E-state index contributed by atoms with van der Waals surface area (Å²) >= 11 is -4.72. The molecule has 0 aliphatic carbocycles. The van der Waals surface area contributed by atoms with Crippen LogP contribution in [0.3, 0.4) is 0 Å². The Hall–Kier alpha value is 5.71. The summed E-state index contributed by atoms with van der Waals surface area (Å²) in [6.45, 7) is 0. The van der Waals surface area contributed by atoms with Crippen molar-refractivity contribution in [3.05, 3.63) is 0 Å². The van der Waals surface area contributed by atoms with E-state index in [4.69, 9.17) is 0 Å². The van der Waals surface area contributed by atoms with Crippen LogP contribution in [0.4, 0.5) is 0 Å². The zero-order valence-corrected chi connectivity index (χ0v) is 31.5. The van der Waals surface area contributed by atoms with Gasteiger partial charge in [0.25, 0.3) is 0 Å². The summed E-state index contributed by atoms with van der Waals surface area (Å²) in [7, 11) is 0. The van der Waals surface area contributed by atoms with Crippen molar-refractivity contribution >= 4 is 73.5 Å². The number of hydrogen-bond acceptors (Lipinski definition) is 0. The molecule has 0 spiro atoms. The molecule has 0 heterocycles. The summed E-state index contributed by atoms with van der Waals surface area (Å²) < 4.78 is 0. The summed E-state index contributed by atoms with van der Waals surface area (Å²) in [5.41, 5.74) is 0. The van der Waals surface area contributed by atoms with E-state index >= 15 is 0 Å². The molecule has 0 nitrogen and oxygen atoms in total. The van der Waals surface area contributed by atoms with E-state index in [1.165, 1.54) is 0 Å². The molecule has 0 aliphatic heterocycles. The molecule has 22 heavy (non-hydrogen) atoms. The molecule has 0 radical (unpaired) electrons. The predicted molar refractivity (Wildman–Crippen MR) is 117 cm³/mol. The molecule has 0 atom stereocenters. The van der Waals surface area contributed by atoms with Gasteiger partial charge >= 0.3 is 153 Å². The Morgan fingerprint density at radius 1 is 0.227 bits per heavy atom. The molecule has 0 amide bonds. The van der Waals surface area contributed by atoms with Crippen LogP contribution in [0.5, 0.6) is 0 Å². The minimum absolute atomic E-state index is 0. The molecule has 0 bridgehead atoms. The van der Waals surface area contributed by atoms with Crippen LogP contribution in [0, 0.1) is 75.5 Å². The second-order valence-electron chi connectivity index (χ2n) is 12.0. The van der Waals surface area contributed by atoms with E-state index in [9.17, 15) is 0 Å². The van der Waals surface area contributed by atoms with Gasteiger partial charge in [-0.2, -0.15) is 0 Å². The minimum atomic E-state index is -1.18. The summed E-state index contributed by atoms with van der Waals surface area (Å²) in [5.74, 6) is 0. The topological polar surface area (TPSA) is 0 Å². The average molecular weight is 795 g/mol. The van der Waals surface area contributed by atoms with Gasteiger partial charge in [0.15, 0.2) is 0 Å². The van der Waals surface area contributed by atoms with Crippen molar-refractivity contribution < 1.29 is 75.5 Å². The van der Waals surface area contributed by atoms with Crippen molar-refractivity contribution in [1.82, 2.24) is 0 Å². The molecule has 0 aliphatic rings. The van der Waals surface area contributed by atoms with Crippen LogP contribution in [0.2, 0.25) is 79.0 Å². The van der Waals surface area contributed by atoms with Crippen molar-refractivity contribution in [1.29, 1.82) is 0 Å². The second kappa shape index (κ2) is 20.0. The van der Waals surface area contributed by atoms with Crippen molar-refractivity contribution in [3.63, 3.8) is 0 Å². The van der Waals surface area contributed by atoms with Gasteiger partial charge in [-0.15, -0.1) is 0 Å². The van der Waals surface area contributed by atoms with Crippen LogP contribution in [0.15, 0.2) is 0 Å². The monoisotopic (exact) mass is 800 g/mol. The summed E-state index contributed by atoms with van der Waals surface area (Å²) in [6.07, 6.45) is 0. The Morgan fingerprint density at radius 3 is 0.227 bits per heavy atom. The van der Waals surface area contributed by atoms with Crippen LogP contribution in [-0.2, 0) is 0 Å². The molecule has 144 valence electrons. The zero-order chi connectivity index (χ0) is 18.0. The quantitative estimate of drug-likeness (QED) is 0.220. The molecule has 0 aromatic heterocycles. The number of rotatable bonds is 0. The number of hydrogen-bond donors (Lipinski definition) is 0. The summed E-state index contributed by atoms with van der Waals surface area (Å²) in [5, 5.41) is 0. The maximum atomic E-state index is 2.40. The van der Waals surface area contributed by atoms with Gasteiger partial charge in [0.05, 0.1) is 0 Å². The van der Waals surface area contributed by atoms with Crippen molar-refractivity contribution in [2.75, 3.05) is 0 Å². The van der Waals surface area contributed by atoms with Gasteiger partial charge in [-0.05, 0) is 0 Å². The fourth-order valence-electron chi connectivity index (χ4n) is 0. The van der Waals surface area contributed by atoms with Crippen molar-refractivity contribution in [3.8, 4) is 0 Å². The van der Waals surface area contributed by atoms with E-state index in [0.29, 0.717) is 0 Å². The van der Waals surface area contributed by atoms with Crippen LogP contribution in [-0.4, -0.2) is 73.5 Å². The van der Waals surface area contributed by atoms with Gasteiger partial charge in [0.2, 0.25) is 0 Å². The van der Waals surface area contributed by atoms with Gasteiger partial charge in [-0.1, -0.05) is 0 Å². The molecule has 0 saturated heterocycles. The molecule has 0 unspecified atom stereocenters. The van der Waals surface area contributed by atoms with Crippen molar-refractivity contribution in [2.24, 2.45) is 0 Å². The fraction of sp³-hybridized carbons (Fsp3) is 1.00. The standard InChI is InChI=1S/16CH3.2Ar.4Sn/h16*1H3;;;;;;. The molecule has 6 heteroatoms. The normalized spacial score (nSPS) is 10.9. The van der Waals surface area contributed by atoms with Gasteiger partial charge in [-0.25, -0.2) is 0 Å². The van der Waals surface area contributed by atoms with E-state index in [1.807, 2.05) is 0 Å².